The third kappa shape index (κ3) is 1.38. The lowest BCUT2D eigenvalue weighted by atomic mass is 10.1. The summed E-state index contributed by atoms with van der Waals surface area (Å²) >= 11 is 0. The van der Waals surface area contributed by atoms with Gasteiger partial charge in [-0.15, -0.1) is 0 Å². The summed E-state index contributed by atoms with van der Waals surface area (Å²) in [5.74, 6) is 0.246. The van der Waals surface area contributed by atoms with Crippen molar-refractivity contribution >= 4 is 27.1 Å². The Bertz CT molecular complexity index is 931. The maximum Gasteiger partial charge on any atom is 0.253 e. The van der Waals surface area contributed by atoms with Crippen LogP contribution in [-0.2, 0) is 0 Å². The van der Waals surface area contributed by atoms with E-state index in [1.54, 1.807) is 10.7 Å². The van der Waals surface area contributed by atoms with Crippen LogP contribution in [0, 0.1) is 0 Å². The highest BCUT2D eigenvalue weighted by Gasteiger charge is 2.16. The molecular formula is C16H11N2O+. The molecule has 0 aliphatic heterocycles. The van der Waals surface area contributed by atoms with Gasteiger partial charge in [-0.2, -0.15) is 0 Å². The average Bonchev–Trinajstić information content (AvgIpc) is 2.47. The van der Waals surface area contributed by atoms with Crippen LogP contribution in [-0.4, -0.2) is 10.2 Å². The van der Waals surface area contributed by atoms with E-state index < -0.39 is 0 Å². The summed E-state index contributed by atoms with van der Waals surface area (Å²) in [5.41, 5.74) is 1.02. The molecule has 1 N–H and O–H groups in total. The van der Waals surface area contributed by atoms with Gasteiger partial charge in [0, 0.05) is 10.8 Å². The third-order valence-corrected chi connectivity index (χ3v) is 3.47. The van der Waals surface area contributed by atoms with E-state index in [2.05, 4.69) is 11.2 Å². The van der Waals surface area contributed by atoms with Gasteiger partial charge in [0.1, 0.15) is 6.20 Å². The maximum absolute atomic E-state index is 10.1. The molecule has 0 saturated heterocycles. The molecular weight excluding hydrogens is 236 g/mol. The van der Waals surface area contributed by atoms with E-state index >= 15 is 0 Å². The summed E-state index contributed by atoms with van der Waals surface area (Å²) in [6.45, 7) is 0. The molecule has 2 heterocycles. The van der Waals surface area contributed by atoms with E-state index in [0.29, 0.717) is 0 Å². The molecule has 3 nitrogen and oxygen atoms in total. The number of aromatic hydroxyl groups is 1. The summed E-state index contributed by atoms with van der Waals surface area (Å²) in [6.07, 6.45) is 3.47. The van der Waals surface area contributed by atoms with Crippen LogP contribution in [0.15, 0.2) is 60.9 Å². The monoisotopic (exact) mass is 247 g/mol. The fraction of sp³-hybridized carbons (Fsp3) is 0. The van der Waals surface area contributed by atoms with E-state index in [9.17, 15) is 5.11 Å². The molecule has 19 heavy (non-hydrogen) atoms. The van der Waals surface area contributed by atoms with Crippen LogP contribution < -0.4 is 4.52 Å². The molecule has 4 aromatic rings. The first-order valence-corrected chi connectivity index (χ1v) is 6.15. The summed E-state index contributed by atoms with van der Waals surface area (Å²) in [7, 11) is 0. The van der Waals surface area contributed by atoms with Crippen LogP contribution in [0.25, 0.3) is 27.1 Å². The third-order valence-electron chi connectivity index (χ3n) is 3.47. The van der Waals surface area contributed by atoms with Gasteiger partial charge in [0.15, 0.2) is 5.75 Å². The van der Waals surface area contributed by atoms with Crippen molar-refractivity contribution in [3.63, 3.8) is 0 Å². The highest BCUT2D eigenvalue weighted by molar-refractivity contribution is 6.08. The number of hydrogen-bond acceptors (Lipinski definition) is 2. The van der Waals surface area contributed by atoms with E-state index in [0.717, 1.165) is 27.1 Å². The molecule has 0 radical (unpaired) electrons. The first-order chi connectivity index (χ1) is 9.34. The van der Waals surface area contributed by atoms with Gasteiger partial charge in [-0.3, -0.25) is 0 Å². The topological polar surface area (TPSA) is 37.2 Å². The Morgan fingerprint density at radius 2 is 1.53 bits per heavy atom. The normalized spacial score (nSPS) is 11.4. The Kier molecular flexibility index (Phi) is 1.97. The fourth-order valence-electron chi connectivity index (χ4n) is 2.60. The second-order valence-electron chi connectivity index (χ2n) is 4.58. The maximum atomic E-state index is 10.1. The molecule has 0 atom stereocenters. The molecule has 0 fully saturated rings. The standard InChI is InChI=1S/C16H10N2O/c19-15-10-18-16(14-8-4-3-7-13(14)15)12-6-2-1-5-11(12)9-17-18/h1-10H/p+1. The van der Waals surface area contributed by atoms with Gasteiger partial charge in [-0.05, 0) is 21.7 Å². The molecule has 90 valence electrons. The van der Waals surface area contributed by atoms with E-state index in [1.165, 1.54) is 0 Å². The Labute approximate surface area is 109 Å². The number of nitrogens with zero attached hydrogens (tertiary/aromatic N) is 2. The second kappa shape index (κ2) is 3.65. The van der Waals surface area contributed by atoms with Crippen molar-refractivity contribution < 1.29 is 9.62 Å². The Morgan fingerprint density at radius 3 is 2.37 bits per heavy atom. The predicted molar refractivity (Wildman–Crippen MR) is 74.1 cm³/mol. The number of fused-ring (bicyclic) bond motifs is 5. The Hall–Kier alpha value is -2.68. The number of hydrogen-bond donors (Lipinski definition) is 1. The van der Waals surface area contributed by atoms with Gasteiger partial charge in [0.2, 0.25) is 6.20 Å². The number of benzene rings is 2. The van der Waals surface area contributed by atoms with Gasteiger partial charge in [0.05, 0.1) is 10.8 Å². The molecule has 0 unspecified atom stereocenters. The lowest BCUT2D eigenvalue weighted by Crippen LogP contribution is -2.26. The summed E-state index contributed by atoms with van der Waals surface area (Å²) in [6, 6.07) is 16.0. The van der Waals surface area contributed by atoms with Crippen LogP contribution in [0.2, 0.25) is 0 Å². The van der Waals surface area contributed by atoms with Crippen molar-refractivity contribution in [3.8, 4) is 5.75 Å². The molecule has 3 heteroatoms. The van der Waals surface area contributed by atoms with Crippen molar-refractivity contribution in [1.82, 2.24) is 5.10 Å². The van der Waals surface area contributed by atoms with Gasteiger partial charge < -0.3 is 5.11 Å². The largest absolute Gasteiger partial charge is 0.502 e. The zero-order chi connectivity index (χ0) is 12.8. The van der Waals surface area contributed by atoms with Crippen molar-refractivity contribution in [1.29, 1.82) is 0 Å². The smallest absolute Gasteiger partial charge is 0.253 e. The zero-order valence-electron chi connectivity index (χ0n) is 10.1. The van der Waals surface area contributed by atoms with Gasteiger partial charge in [0.25, 0.3) is 5.52 Å². The molecule has 0 bridgehead atoms. The van der Waals surface area contributed by atoms with E-state index in [-0.39, 0.29) is 5.75 Å². The molecule has 2 aromatic heterocycles. The average molecular weight is 247 g/mol. The summed E-state index contributed by atoms with van der Waals surface area (Å²) in [5, 5.41) is 18.5. The minimum atomic E-state index is 0.246. The quantitative estimate of drug-likeness (QED) is 0.383. The van der Waals surface area contributed by atoms with Crippen LogP contribution in [0.1, 0.15) is 0 Å². The van der Waals surface area contributed by atoms with Gasteiger partial charge >= 0.3 is 0 Å². The van der Waals surface area contributed by atoms with Crippen LogP contribution in [0.5, 0.6) is 5.75 Å². The van der Waals surface area contributed by atoms with Gasteiger partial charge in [-0.25, -0.2) is 0 Å². The Balaban J connectivity index is 2.39. The molecule has 0 aliphatic carbocycles. The van der Waals surface area contributed by atoms with Crippen molar-refractivity contribution in [3.05, 3.63) is 60.9 Å². The van der Waals surface area contributed by atoms with Gasteiger partial charge in [-0.1, -0.05) is 36.4 Å². The lowest BCUT2D eigenvalue weighted by Gasteiger charge is -2.02. The zero-order valence-corrected chi connectivity index (χ0v) is 10.1. The molecule has 0 amide bonds. The molecule has 0 aliphatic rings. The minimum Gasteiger partial charge on any atom is -0.502 e. The second-order valence-corrected chi connectivity index (χ2v) is 4.58. The van der Waals surface area contributed by atoms with Crippen molar-refractivity contribution in [2.75, 3.05) is 0 Å². The van der Waals surface area contributed by atoms with Crippen LogP contribution >= 0.6 is 0 Å². The molecule has 0 saturated carbocycles. The van der Waals surface area contributed by atoms with Crippen LogP contribution in [0.4, 0.5) is 0 Å². The highest BCUT2D eigenvalue weighted by Crippen LogP contribution is 2.28. The fourth-order valence-corrected chi connectivity index (χ4v) is 2.60. The minimum absolute atomic E-state index is 0.246. The highest BCUT2D eigenvalue weighted by atomic mass is 16.3. The SMILES string of the molecule is Oc1c[n+]2ncc3ccccc3c2c2ccccc12. The molecule has 0 spiro atoms. The Morgan fingerprint density at radius 1 is 0.842 bits per heavy atom. The predicted octanol–water partition coefficient (Wildman–Crippen LogP) is 2.83. The molecule has 2 aromatic carbocycles. The van der Waals surface area contributed by atoms with E-state index in [1.807, 2.05) is 48.7 Å². The van der Waals surface area contributed by atoms with Crippen molar-refractivity contribution in [2.24, 2.45) is 0 Å². The first kappa shape index (κ1) is 10.3. The lowest BCUT2D eigenvalue weighted by molar-refractivity contribution is -0.579. The first-order valence-electron chi connectivity index (χ1n) is 6.15. The number of aromatic nitrogens is 2. The molecule has 4 rings (SSSR count). The number of pyridine rings is 1. The summed E-state index contributed by atoms with van der Waals surface area (Å²) in [4.78, 5) is 0. The van der Waals surface area contributed by atoms with Crippen LogP contribution in [0.3, 0.4) is 0 Å². The van der Waals surface area contributed by atoms with E-state index in [4.69, 9.17) is 0 Å². The number of rotatable bonds is 0. The van der Waals surface area contributed by atoms with Crippen molar-refractivity contribution in [2.45, 2.75) is 0 Å². The summed E-state index contributed by atoms with van der Waals surface area (Å²) < 4.78 is 1.74.